The average molecular weight is 349 g/mol. The van der Waals surface area contributed by atoms with Crippen molar-refractivity contribution in [1.82, 2.24) is 15.1 Å². The van der Waals surface area contributed by atoms with Gasteiger partial charge in [0.15, 0.2) is 0 Å². The summed E-state index contributed by atoms with van der Waals surface area (Å²) in [7, 11) is 0. The molecule has 0 saturated heterocycles. The summed E-state index contributed by atoms with van der Waals surface area (Å²) in [6.07, 6.45) is 1.90. The highest BCUT2D eigenvalue weighted by atomic mass is 16.3. The Bertz CT molecular complexity index is 885. The number of amides is 1. The molecule has 3 rings (SSSR count). The number of aromatic nitrogens is 2. The maximum atomic E-state index is 12.4. The lowest BCUT2D eigenvalue weighted by Gasteiger charge is -2.23. The smallest absolute Gasteiger partial charge is 0.223 e. The maximum Gasteiger partial charge on any atom is 0.223 e. The van der Waals surface area contributed by atoms with E-state index in [1.54, 1.807) is 11.6 Å². The first-order valence-corrected chi connectivity index (χ1v) is 8.61. The second-order valence-corrected chi connectivity index (χ2v) is 6.62. The van der Waals surface area contributed by atoms with Crippen LogP contribution >= 0.6 is 0 Å². The lowest BCUT2D eigenvalue weighted by molar-refractivity contribution is -0.126. The molecule has 0 saturated carbocycles. The number of nitrogens with zero attached hydrogens (tertiary/aromatic N) is 2. The van der Waals surface area contributed by atoms with Crippen molar-refractivity contribution < 1.29 is 9.90 Å². The highest BCUT2D eigenvalue weighted by Gasteiger charge is 2.26. The van der Waals surface area contributed by atoms with Crippen LogP contribution in [0.1, 0.15) is 30.2 Å². The first-order chi connectivity index (χ1) is 12.5. The van der Waals surface area contributed by atoms with Gasteiger partial charge in [-0.15, -0.1) is 0 Å². The highest BCUT2D eigenvalue weighted by molar-refractivity contribution is 5.77. The van der Waals surface area contributed by atoms with Gasteiger partial charge in [0.25, 0.3) is 0 Å². The zero-order valence-corrected chi connectivity index (χ0v) is 15.0. The minimum Gasteiger partial charge on any atom is -0.385 e. The Balaban J connectivity index is 1.67. The molecule has 2 N–H and O–H groups in total. The van der Waals surface area contributed by atoms with Crippen molar-refractivity contribution in [2.45, 2.75) is 32.4 Å². The van der Waals surface area contributed by atoms with Gasteiger partial charge in [-0.3, -0.25) is 4.79 Å². The third-order valence-corrected chi connectivity index (χ3v) is 4.34. The van der Waals surface area contributed by atoms with Crippen LogP contribution < -0.4 is 5.32 Å². The molecule has 1 atom stereocenters. The first-order valence-electron chi connectivity index (χ1n) is 8.61. The summed E-state index contributed by atoms with van der Waals surface area (Å²) in [5, 5.41) is 17.9. The molecule has 5 heteroatoms. The zero-order valence-electron chi connectivity index (χ0n) is 15.0. The third kappa shape index (κ3) is 4.18. The van der Waals surface area contributed by atoms with Gasteiger partial charge in [-0.05, 0) is 37.1 Å². The number of hydrogen-bond acceptors (Lipinski definition) is 3. The van der Waals surface area contributed by atoms with Gasteiger partial charge < -0.3 is 10.4 Å². The fourth-order valence-electron chi connectivity index (χ4n) is 2.90. The fraction of sp³-hybridized carbons (Fsp3) is 0.238. The number of carbonyl (C=O) groups excluding carboxylic acids is 1. The number of benzene rings is 2. The monoisotopic (exact) mass is 349 g/mol. The van der Waals surface area contributed by atoms with Crippen LogP contribution in [0, 0.1) is 6.92 Å². The molecule has 0 aliphatic carbocycles. The van der Waals surface area contributed by atoms with E-state index < -0.39 is 5.60 Å². The number of aliphatic hydroxyl groups is 1. The molecule has 0 fully saturated rings. The van der Waals surface area contributed by atoms with E-state index in [1.165, 1.54) is 0 Å². The van der Waals surface area contributed by atoms with Crippen LogP contribution in [-0.2, 0) is 16.9 Å². The molecule has 3 aromatic rings. The third-order valence-electron chi connectivity index (χ3n) is 4.34. The van der Waals surface area contributed by atoms with Gasteiger partial charge in [-0.25, -0.2) is 4.68 Å². The van der Waals surface area contributed by atoms with E-state index in [-0.39, 0.29) is 12.3 Å². The largest absolute Gasteiger partial charge is 0.385 e. The quantitative estimate of drug-likeness (QED) is 0.719. The van der Waals surface area contributed by atoms with Crippen LogP contribution in [0.5, 0.6) is 0 Å². The second kappa shape index (κ2) is 7.54. The molecule has 0 aliphatic rings. The van der Waals surface area contributed by atoms with Gasteiger partial charge in [0.05, 0.1) is 23.4 Å². The molecule has 2 aromatic carbocycles. The molecule has 1 heterocycles. The number of aryl methyl sites for hydroxylation is 1. The summed E-state index contributed by atoms with van der Waals surface area (Å²) in [6, 6.07) is 19.0. The summed E-state index contributed by atoms with van der Waals surface area (Å²) in [5.41, 5.74) is 2.34. The van der Waals surface area contributed by atoms with Crippen molar-refractivity contribution in [3.8, 4) is 5.69 Å². The normalized spacial score (nSPS) is 13.2. The summed E-state index contributed by atoms with van der Waals surface area (Å²) in [4.78, 5) is 12.4. The zero-order chi connectivity index (χ0) is 18.6. The van der Waals surface area contributed by atoms with E-state index in [4.69, 9.17) is 0 Å². The minimum atomic E-state index is -1.20. The lowest BCUT2D eigenvalue weighted by atomic mass is 9.92. The summed E-state index contributed by atoms with van der Waals surface area (Å²) in [6.45, 7) is 3.97. The van der Waals surface area contributed by atoms with E-state index in [0.717, 1.165) is 22.5 Å². The Kier molecular flexibility index (Phi) is 5.19. The van der Waals surface area contributed by atoms with Gasteiger partial charge >= 0.3 is 0 Å². The van der Waals surface area contributed by atoms with Crippen molar-refractivity contribution in [2.24, 2.45) is 0 Å². The molecule has 0 spiro atoms. The summed E-state index contributed by atoms with van der Waals surface area (Å²) in [5.74, 6) is -0.203. The van der Waals surface area contributed by atoms with Crippen LogP contribution in [0.15, 0.2) is 66.9 Å². The van der Waals surface area contributed by atoms with Crippen LogP contribution in [0.2, 0.25) is 0 Å². The lowest BCUT2D eigenvalue weighted by Crippen LogP contribution is -2.32. The van der Waals surface area contributed by atoms with Crippen molar-refractivity contribution in [1.29, 1.82) is 0 Å². The highest BCUT2D eigenvalue weighted by Crippen LogP contribution is 2.24. The van der Waals surface area contributed by atoms with Gasteiger partial charge in [0.2, 0.25) is 5.91 Å². The van der Waals surface area contributed by atoms with E-state index >= 15 is 0 Å². The molecule has 0 aliphatic heterocycles. The van der Waals surface area contributed by atoms with Crippen molar-refractivity contribution in [2.75, 3.05) is 0 Å². The minimum absolute atomic E-state index is 0.0000578. The number of para-hydroxylation sites is 1. The molecule has 1 unspecified atom stereocenters. The maximum absolute atomic E-state index is 12.4. The Morgan fingerprint density at radius 1 is 1.12 bits per heavy atom. The number of rotatable bonds is 6. The van der Waals surface area contributed by atoms with Gasteiger partial charge in [-0.1, -0.05) is 48.5 Å². The van der Waals surface area contributed by atoms with Gasteiger partial charge in [0.1, 0.15) is 0 Å². The molecule has 134 valence electrons. The molecule has 0 radical (unpaired) electrons. The van der Waals surface area contributed by atoms with Gasteiger partial charge in [-0.2, -0.15) is 5.10 Å². The van der Waals surface area contributed by atoms with Crippen LogP contribution in [0.3, 0.4) is 0 Å². The number of carbonyl (C=O) groups is 1. The summed E-state index contributed by atoms with van der Waals surface area (Å²) < 4.78 is 1.80. The predicted octanol–water partition coefficient (Wildman–Crippen LogP) is 3.09. The molecule has 0 bridgehead atoms. The Hall–Kier alpha value is -2.92. The van der Waals surface area contributed by atoms with Crippen molar-refractivity contribution in [3.05, 3.63) is 83.7 Å². The van der Waals surface area contributed by atoms with Crippen LogP contribution in [0.25, 0.3) is 5.69 Å². The number of hydrogen-bond donors (Lipinski definition) is 2. The SMILES string of the molecule is Cc1ccn(-c2ccccc2CNC(=O)CC(C)(O)c2ccccc2)n1. The molecular weight excluding hydrogens is 326 g/mol. The van der Waals surface area contributed by atoms with E-state index in [9.17, 15) is 9.90 Å². The molecule has 1 amide bonds. The average Bonchev–Trinajstić information content (AvgIpc) is 3.07. The first kappa shape index (κ1) is 17.9. The Morgan fingerprint density at radius 3 is 2.50 bits per heavy atom. The molecule has 5 nitrogen and oxygen atoms in total. The van der Waals surface area contributed by atoms with E-state index in [1.807, 2.05) is 73.8 Å². The predicted molar refractivity (Wildman–Crippen MR) is 101 cm³/mol. The molecular formula is C21H23N3O2. The Morgan fingerprint density at radius 2 is 1.81 bits per heavy atom. The van der Waals surface area contributed by atoms with Crippen LogP contribution in [0.4, 0.5) is 0 Å². The Labute approximate surface area is 153 Å². The van der Waals surface area contributed by atoms with Crippen molar-refractivity contribution in [3.63, 3.8) is 0 Å². The topological polar surface area (TPSA) is 67.2 Å². The van der Waals surface area contributed by atoms with Gasteiger partial charge in [0, 0.05) is 12.7 Å². The fourth-order valence-corrected chi connectivity index (χ4v) is 2.90. The van der Waals surface area contributed by atoms with Crippen molar-refractivity contribution >= 4 is 5.91 Å². The van der Waals surface area contributed by atoms with E-state index in [2.05, 4.69) is 10.4 Å². The molecule has 26 heavy (non-hydrogen) atoms. The molecule has 1 aromatic heterocycles. The summed E-state index contributed by atoms with van der Waals surface area (Å²) >= 11 is 0. The van der Waals surface area contributed by atoms with Crippen LogP contribution in [-0.4, -0.2) is 20.8 Å². The second-order valence-electron chi connectivity index (χ2n) is 6.62. The van der Waals surface area contributed by atoms with E-state index in [0.29, 0.717) is 6.54 Å². The number of nitrogens with one attached hydrogen (secondary N) is 1. The standard InChI is InChI=1S/C21H23N3O2/c1-16-12-13-24(23-16)19-11-7-6-8-17(19)15-22-20(25)14-21(2,26)18-9-4-3-5-10-18/h3-13,26H,14-15H2,1-2H3,(H,22,25).